The fraction of sp³-hybridized carbons (Fsp3) is 0.318. The number of ketones is 1. The first-order chi connectivity index (χ1) is 12.4. The van der Waals surface area contributed by atoms with Gasteiger partial charge in [-0.1, -0.05) is 67.8 Å². The molecule has 0 radical (unpaired) electrons. The second-order valence-corrected chi connectivity index (χ2v) is 6.74. The molecule has 0 saturated heterocycles. The molecule has 0 bridgehead atoms. The SMILES string of the molecule is O=C(C=Cc1ccc(C2CCCCC2)cc1)c1ccccc1C(F)(F)F. The molecule has 1 saturated carbocycles. The highest BCUT2D eigenvalue weighted by atomic mass is 19.4. The zero-order valence-electron chi connectivity index (χ0n) is 14.4. The van der Waals surface area contributed by atoms with Gasteiger partial charge in [0.2, 0.25) is 0 Å². The van der Waals surface area contributed by atoms with E-state index >= 15 is 0 Å². The Hall–Kier alpha value is -2.36. The molecule has 1 nitrogen and oxygen atoms in total. The van der Waals surface area contributed by atoms with Crippen LogP contribution in [0.5, 0.6) is 0 Å². The van der Waals surface area contributed by atoms with Crippen molar-refractivity contribution in [2.75, 3.05) is 0 Å². The maximum atomic E-state index is 13.0. The van der Waals surface area contributed by atoms with Crippen LogP contribution in [-0.4, -0.2) is 5.78 Å². The average molecular weight is 358 g/mol. The average Bonchev–Trinajstić information content (AvgIpc) is 2.66. The van der Waals surface area contributed by atoms with Gasteiger partial charge in [0, 0.05) is 5.56 Å². The van der Waals surface area contributed by atoms with E-state index in [1.165, 1.54) is 61.9 Å². The zero-order chi connectivity index (χ0) is 18.6. The van der Waals surface area contributed by atoms with Gasteiger partial charge < -0.3 is 0 Å². The number of rotatable bonds is 4. The normalized spacial score (nSPS) is 16.1. The van der Waals surface area contributed by atoms with E-state index in [0.29, 0.717) is 5.92 Å². The number of carbonyl (C=O) groups is 1. The van der Waals surface area contributed by atoms with Gasteiger partial charge in [-0.25, -0.2) is 0 Å². The van der Waals surface area contributed by atoms with E-state index in [1.54, 1.807) is 6.08 Å². The smallest absolute Gasteiger partial charge is 0.289 e. The lowest BCUT2D eigenvalue weighted by Gasteiger charge is -2.21. The van der Waals surface area contributed by atoms with Crippen LogP contribution >= 0.6 is 0 Å². The van der Waals surface area contributed by atoms with Crippen molar-refractivity contribution in [3.05, 3.63) is 76.9 Å². The fourth-order valence-corrected chi connectivity index (χ4v) is 3.52. The molecule has 0 unspecified atom stereocenters. The van der Waals surface area contributed by atoms with Crippen molar-refractivity contribution in [2.24, 2.45) is 0 Å². The van der Waals surface area contributed by atoms with E-state index < -0.39 is 17.5 Å². The van der Waals surface area contributed by atoms with E-state index in [2.05, 4.69) is 12.1 Å². The van der Waals surface area contributed by atoms with Crippen molar-refractivity contribution >= 4 is 11.9 Å². The summed E-state index contributed by atoms with van der Waals surface area (Å²) in [7, 11) is 0. The second-order valence-electron chi connectivity index (χ2n) is 6.74. The molecular formula is C22H21F3O. The van der Waals surface area contributed by atoms with Crippen LogP contribution < -0.4 is 0 Å². The predicted molar refractivity (Wildman–Crippen MR) is 97.1 cm³/mol. The van der Waals surface area contributed by atoms with Gasteiger partial charge in [0.25, 0.3) is 0 Å². The van der Waals surface area contributed by atoms with E-state index in [1.807, 2.05) is 12.1 Å². The summed E-state index contributed by atoms with van der Waals surface area (Å²) in [5.41, 5.74) is 0.885. The molecule has 0 N–H and O–H groups in total. The van der Waals surface area contributed by atoms with Crippen molar-refractivity contribution in [1.29, 1.82) is 0 Å². The molecule has 0 atom stereocenters. The summed E-state index contributed by atoms with van der Waals surface area (Å²) < 4.78 is 39.1. The summed E-state index contributed by atoms with van der Waals surface area (Å²) in [6, 6.07) is 12.8. The highest BCUT2D eigenvalue weighted by Gasteiger charge is 2.34. The first kappa shape index (κ1) is 18.4. The van der Waals surface area contributed by atoms with Crippen LogP contribution in [0.25, 0.3) is 6.08 Å². The molecule has 2 aromatic carbocycles. The van der Waals surface area contributed by atoms with Crippen molar-refractivity contribution in [3.8, 4) is 0 Å². The van der Waals surface area contributed by atoms with E-state index in [-0.39, 0.29) is 5.56 Å². The summed E-state index contributed by atoms with van der Waals surface area (Å²) >= 11 is 0. The summed E-state index contributed by atoms with van der Waals surface area (Å²) in [5, 5.41) is 0. The molecule has 0 aromatic heterocycles. The molecule has 0 amide bonds. The van der Waals surface area contributed by atoms with Crippen LogP contribution in [0, 0.1) is 0 Å². The molecule has 136 valence electrons. The number of hydrogen-bond donors (Lipinski definition) is 0. The van der Waals surface area contributed by atoms with Crippen molar-refractivity contribution in [3.63, 3.8) is 0 Å². The lowest BCUT2D eigenvalue weighted by atomic mass is 9.84. The van der Waals surface area contributed by atoms with Gasteiger partial charge in [0.1, 0.15) is 0 Å². The maximum absolute atomic E-state index is 13.0. The molecule has 26 heavy (non-hydrogen) atoms. The van der Waals surface area contributed by atoms with Crippen LogP contribution in [0.3, 0.4) is 0 Å². The highest BCUT2D eigenvalue weighted by molar-refractivity contribution is 6.07. The summed E-state index contributed by atoms with van der Waals surface area (Å²) in [5.74, 6) is -0.0450. The Kier molecular flexibility index (Phi) is 5.60. The molecular weight excluding hydrogens is 337 g/mol. The Balaban J connectivity index is 1.73. The summed E-state index contributed by atoms with van der Waals surface area (Å²) in [6.45, 7) is 0. The third-order valence-electron chi connectivity index (χ3n) is 4.94. The molecule has 1 fully saturated rings. The van der Waals surface area contributed by atoms with Crippen molar-refractivity contribution in [1.82, 2.24) is 0 Å². The van der Waals surface area contributed by atoms with Gasteiger partial charge in [0.15, 0.2) is 5.78 Å². The highest BCUT2D eigenvalue weighted by Crippen LogP contribution is 2.33. The Morgan fingerprint density at radius 1 is 0.923 bits per heavy atom. The molecule has 0 spiro atoms. The number of carbonyl (C=O) groups excluding carboxylic acids is 1. The standard InChI is InChI=1S/C22H21F3O/c23-22(24,25)20-9-5-4-8-19(20)21(26)15-12-16-10-13-18(14-11-16)17-6-2-1-3-7-17/h4-5,8-15,17H,1-3,6-7H2. The van der Waals surface area contributed by atoms with E-state index in [0.717, 1.165) is 11.6 Å². The van der Waals surface area contributed by atoms with Crippen LogP contribution in [0.4, 0.5) is 13.2 Å². The monoisotopic (exact) mass is 358 g/mol. The number of halogens is 3. The Morgan fingerprint density at radius 2 is 1.58 bits per heavy atom. The van der Waals surface area contributed by atoms with Gasteiger partial charge in [-0.05, 0) is 42.0 Å². The molecule has 3 rings (SSSR count). The molecule has 1 aliphatic carbocycles. The molecule has 0 aliphatic heterocycles. The van der Waals surface area contributed by atoms with Crippen molar-refractivity contribution < 1.29 is 18.0 Å². The maximum Gasteiger partial charge on any atom is 0.417 e. The Bertz CT molecular complexity index is 782. The number of benzene rings is 2. The van der Waals surface area contributed by atoms with Crippen LogP contribution in [-0.2, 0) is 6.18 Å². The first-order valence-corrected chi connectivity index (χ1v) is 8.94. The quantitative estimate of drug-likeness (QED) is 0.442. The van der Waals surface area contributed by atoms with Crippen molar-refractivity contribution in [2.45, 2.75) is 44.2 Å². The first-order valence-electron chi connectivity index (χ1n) is 8.94. The topological polar surface area (TPSA) is 17.1 Å². The minimum Gasteiger partial charge on any atom is -0.289 e. The van der Waals surface area contributed by atoms with Crippen LogP contribution in [0.2, 0.25) is 0 Å². The fourth-order valence-electron chi connectivity index (χ4n) is 3.52. The number of hydrogen-bond acceptors (Lipinski definition) is 1. The third-order valence-corrected chi connectivity index (χ3v) is 4.94. The van der Waals surface area contributed by atoms with E-state index in [4.69, 9.17) is 0 Å². The predicted octanol–water partition coefficient (Wildman–Crippen LogP) is 6.65. The van der Waals surface area contributed by atoms with Gasteiger partial charge in [-0.3, -0.25) is 4.79 Å². The zero-order valence-corrected chi connectivity index (χ0v) is 14.4. The van der Waals surface area contributed by atoms with Gasteiger partial charge in [-0.15, -0.1) is 0 Å². The van der Waals surface area contributed by atoms with Gasteiger partial charge >= 0.3 is 6.18 Å². The molecule has 1 aliphatic rings. The molecule has 2 aromatic rings. The Morgan fingerprint density at radius 3 is 2.23 bits per heavy atom. The minimum atomic E-state index is -4.54. The van der Waals surface area contributed by atoms with Gasteiger partial charge in [-0.2, -0.15) is 13.2 Å². The van der Waals surface area contributed by atoms with E-state index in [9.17, 15) is 18.0 Å². The summed E-state index contributed by atoms with van der Waals surface area (Å²) in [4.78, 5) is 12.2. The molecule has 4 heteroatoms. The van der Waals surface area contributed by atoms with Gasteiger partial charge in [0.05, 0.1) is 5.56 Å². The Labute approximate surface area is 151 Å². The largest absolute Gasteiger partial charge is 0.417 e. The number of alkyl halides is 3. The number of allylic oxidation sites excluding steroid dienone is 1. The second kappa shape index (κ2) is 7.90. The molecule has 0 heterocycles. The lowest BCUT2D eigenvalue weighted by molar-refractivity contribution is -0.137. The third kappa shape index (κ3) is 4.43. The minimum absolute atomic E-state index is 0.324. The lowest BCUT2D eigenvalue weighted by Crippen LogP contribution is -2.11. The van der Waals surface area contributed by atoms with Crippen LogP contribution in [0.1, 0.15) is 65.1 Å². The summed E-state index contributed by atoms with van der Waals surface area (Å²) in [6.07, 6.45) is 4.49. The van der Waals surface area contributed by atoms with Crippen LogP contribution in [0.15, 0.2) is 54.6 Å².